The lowest BCUT2D eigenvalue weighted by molar-refractivity contribution is 0.527. The Balaban J connectivity index is 2.80. The minimum atomic E-state index is 0.566. The highest BCUT2D eigenvalue weighted by Gasteiger charge is 2.17. The highest BCUT2D eigenvalue weighted by Crippen LogP contribution is 2.40. The standard InChI is InChI=1S/C11H10BrCl2NO/c1-5-8(4-15-2)16-11-7(13)3-6(12)10(14)9(5)11/h3,15H,4H2,1-2H3. The van der Waals surface area contributed by atoms with Crippen LogP contribution in [0.2, 0.25) is 10.0 Å². The van der Waals surface area contributed by atoms with Crippen LogP contribution < -0.4 is 5.32 Å². The van der Waals surface area contributed by atoms with Gasteiger partial charge in [0.2, 0.25) is 0 Å². The number of halogens is 3. The van der Waals surface area contributed by atoms with Crippen molar-refractivity contribution in [3.8, 4) is 0 Å². The SMILES string of the molecule is CNCc1oc2c(Cl)cc(Br)c(Cl)c2c1C. The van der Waals surface area contributed by atoms with Gasteiger partial charge in [-0.05, 0) is 36.0 Å². The van der Waals surface area contributed by atoms with Crippen LogP contribution in [-0.4, -0.2) is 7.05 Å². The minimum Gasteiger partial charge on any atom is -0.458 e. The van der Waals surface area contributed by atoms with E-state index in [1.54, 1.807) is 6.07 Å². The van der Waals surface area contributed by atoms with Crippen molar-refractivity contribution in [2.45, 2.75) is 13.5 Å². The van der Waals surface area contributed by atoms with Crippen LogP contribution in [0, 0.1) is 6.92 Å². The van der Waals surface area contributed by atoms with E-state index in [-0.39, 0.29) is 0 Å². The third kappa shape index (κ3) is 1.86. The summed E-state index contributed by atoms with van der Waals surface area (Å²) in [6.45, 7) is 2.64. The van der Waals surface area contributed by atoms with Crippen molar-refractivity contribution in [2.24, 2.45) is 0 Å². The minimum absolute atomic E-state index is 0.566. The number of rotatable bonds is 2. The largest absolute Gasteiger partial charge is 0.458 e. The first kappa shape index (κ1) is 12.2. The molecule has 0 radical (unpaired) electrons. The molecule has 5 heteroatoms. The van der Waals surface area contributed by atoms with Gasteiger partial charge < -0.3 is 9.73 Å². The molecule has 0 aliphatic rings. The monoisotopic (exact) mass is 321 g/mol. The van der Waals surface area contributed by atoms with Crippen molar-refractivity contribution in [1.82, 2.24) is 5.32 Å². The summed E-state index contributed by atoms with van der Waals surface area (Å²) in [7, 11) is 1.87. The maximum Gasteiger partial charge on any atom is 0.154 e. The number of benzene rings is 1. The van der Waals surface area contributed by atoms with E-state index in [0.29, 0.717) is 22.2 Å². The summed E-state index contributed by atoms with van der Waals surface area (Å²) in [5.74, 6) is 0.861. The Kier molecular flexibility index (Phi) is 3.50. The fourth-order valence-electron chi connectivity index (χ4n) is 1.68. The van der Waals surface area contributed by atoms with Gasteiger partial charge in [-0.3, -0.25) is 0 Å². The molecule has 0 saturated carbocycles. The molecule has 16 heavy (non-hydrogen) atoms. The lowest BCUT2D eigenvalue weighted by Gasteiger charge is -1.99. The van der Waals surface area contributed by atoms with Crippen molar-refractivity contribution in [1.29, 1.82) is 0 Å². The molecule has 0 bridgehead atoms. The Hall–Kier alpha value is -0.220. The molecule has 2 rings (SSSR count). The molecule has 0 unspecified atom stereocenters. The Labute approximate surface area is 112 Å². The van der Waals surface area contributed by atoms with Crippen molar-refractivity contribution in [2.75, 3.05) is 7.05 Å². The number of aryl methyl sites for hydroxylation is 1. The van der Waals surface area contributed by atoms with Crippen molar-refractivity contribution in [3.63, 3.8) is 0 Å². The molecule has 1 heterocycles. The quantitative estimate of drug-likeness (QED) is 0.822. The smallest absolute Gasteiger partial charge is 0.154 e. The highest BCUT2D eigenvalue weighted by molar-refractivity contribution is 9.10. The van der Waals surface area contributed by atoms with E-state index in [4.69, 9.17) is 27.6 Å². The maximum atomic E-state index is 6.23. The third-order valence-electron chi connectivity index (χ3n) is 2.48. The summed E-state index contributed by atoms with van der Waals surface area (Å²) in [5.41, 5.74) is 1.68. The molecule has 86 valence electrons. The molecular formula is C11H10BrCl2NO. The van der Waals surface area contributed by atoms with Gasteiger partial charge in [0.15, 0.2) is 5.58 Å². The second-order valence-corrected chi connectivity index (χ2v) is 5.18. The molecule has 0 saturated heterocycles. The van der Waals surface area contributed by atoms with E-state index in [1.165, 1.54) is 0 Å². The molecule has 0 amide bonds. The van der Waals surface area contributed by atoms with Crippen LogP contribution in [0.4, 0.5) is 0 Å². The normalized spacial score (nSPS) is 11.3. The van der Waals surface area contributed by atoms with Gasteiger partial charge in [-0.25, -0.2) is 0 Å². The molecule has 0 atom stereocenters. The Morgan fingerprint density at radius 1 is 1.44 bits per heavy atom. The van der Waals surface area contributed by atoms with Crippen molar-refractivity contribution < 1.29 is 4.42 Å². The first-order chi connectivity index (χ1) is 7.56. The fourth-order valence-corrected chi connectivity index (χ4v) is 2.77. The van der Waals surface area contributed by atoms with Crippen LogP contribution in [0.25, 0.3) is 11.0 Å². The maximum absolute atomic E-state index is 6.23. The predicted octanol–water partition coefficient (Wildman–Crippen LogP) is 4.53. The van der Waals surface area contributed by atoms with Crippen LogP contribution in [0.3, 0.4) is 0 Å². The molecule has 2 nitrogen and oxygen atoms in total. The fraction of sp³-hybridized carbons (Fsp3) is 0.273. The number of hydrogen-bond donors (Lipinski definition) is 1. The zero-order chi connectivity index (χ0) is 11.9. The van der Waals surface area contributed by atoms with Crippen LogP contribution in [0.5, 0.6) is 0 Å². The first-order valence-corrected chi connectivity index (χ1v) is 6.31. The highest BCUT2D eigenvalue weighted by atomic mass is 79.9. The van der Waals surface area contributed by atoms with E-state index < -0.39 is 0 Å². The number of hydrogen-bond acceptors (Lipinski definition) is 2. The van der Waals surface area contributed by atoms with E-state index >= 15 is 0 Å². The molecule has 2 aromatic rings. The Morgan fingerprint density at radius 3 is 2.75 bits per heavy atom. The lowest BCUT2D eigenvalue weighted by Crippen LogP contribution is -2.04. The zero-order valence-electron chi connectivity index (χ0n) is 8.83. The Morgan fingerprint density at radius 2 is 2.12 bits per heavy atom. The van der Waals surface area contributed by atoms with Crippen LogP contribution in [0.1, 0.15) is 11.3 Å². The van der Waals surface area contributed by atoms with Gasteiger partial charge in [0.05, 0.1) is 16.6 Å². The molecular weight excluding hydrogens is 313 g/mol. The lowest BCUT2D eigenvalue weighted by atomic mass is 10.1. The average Bonchev–Trinajstić information content (AvgIpc) is 2.55. The second kappa shape index (κ2) is 4.57. The zero-order valence-corrected chi connectivity index (χ0v) is 11.9. The van der Waals surface area contributed by atoms with Gasteiger partial charge in [-0.15, -0.1) is 0 Å². The van der Waals surface area contributed by atoms with Gasteiger partial charge in [0, 0.05) is 15.4 Å². The summed E-state index contributed by atoms with van der Waals surface area (Å²) >= 11 is 15.7. The topological polar surface area (TPSA) is 25.2 Å². The van der Waals surface area contributed by atoms with Crippen LogP contribution in [-0.2, 0) is 6.54 Å². The first-order valence-electron chi connectivity index (χ1n) is 4.76. The number of fused-ring (bicyclic) bond motifs is 1. The summed E-state index contributed by atoms with van der Waals surface area (Å²) in [6, 6.07) is 1.75. The predicted molar refractivity (Wildman–Crippen MR) is 71.4 cm³/mol. The second-order valence-electron chi connectivity index (χ2n) is 3.54. The molecule has 0 aliphatic heterocycles. The summed E-state index contributed by atoms with van der Waals surface area (Å²) in [6.07, 6.45) is 0. The molecule has 1 aromatic heterocycles. The molecule has 0 fully saturated rings. The molecule has 1 aromatic carbocycles. The van der Waals surface area contributed by atoms with Gasteiger partial charge in [0.25, 0.3) is 0 Å². The average molecular weight is 323 g/mol. The van der Waals surface area contributed by atoms with Gasteiger partial charge in [-0.1, -0.05) is 23.2 Å². The van der Waals surface area contributed by atoms with E-state index in [9.17, 15) is 0 Å². The van der Waals surface area contributed by atoms with E-state index in [2.05, 4.69) is 21.2 Å². The van der Waals surface area contributed by atoms with Gasteiger partial charge in [-0.2, -0.15) is 0 Å². The number of nitrogens with one attached hydrogen (secondary N) is 1. The van der Waals surface area contributed by atoms with Crippen molar-refractivity contribution in [3.05, 3.63) is 31.9 Å². The Bertz CT molecular complexity index is 551. The van der Waals surface area contributed by atoms with Crippen LogP contribution >= 0.6 is 39.1 Å². The summed E-state index contributed by atoms with van der Waals surface area (Å²) < 4.78 is 6.49. The van der Waals surface area contributed by atoms with Gasteiger partial charge in [0.1, 0.15) is 5.76 Å². The third-order valence-corrected chi connectivity index (χ3v) is 4.01. The molecule has 1 N–H and O–H groups in total. The van der Waals surface area contributed by atoms with Gasteiger partial charge >= 0.3 is 0 Å². The molecule has 0 spiro atoms. The van der Waals surface area contributed by atoms with E-state index in [0.717, 1.165) is 21.2 Å². The number of furan rings is 1. The van der Waals surface area contributed by atoms with Crippen molar-refractivity contribution >= 4 is 50.1 Å². The van der Waals surface area contributed by atoms with Crippen LogP contribution in [0.15, 0.2) is 15.0 Å². The van der Waals surface area contributed by atoms with E-state index in [1.807, 2.05) is 14.0 Å². The summed E-state index contributed by atoms with van der Waals surface area (Å²) in [5, 5.41) is 5.14. The summed E-state index contributed by atoms with van der Waals surface area (Å²) in [4.78, 5) is 0. The molecule has 0 aliphatic carbocycles.